The highest BCUT2D eigenvalue weighted by Gasteiger charge is 2.40. The van der Waals surface area contributed by atoms with Crippen molar-refractivity contribution in [2.24, 2.45) is 0 Å². The molecule has 0 spiro atoms. The highest BCUT2D eigenvalue weighted by molar-refractivity contribution is 6.15. The predicted molar refractivity (Wildman–Crippen MR) is 144 cm³/mol. The number of fused-ring (bicyclic) bond motifs is 3. The van der Waals surface area contributed by atoms with Crippen LogP contribution in [0.4, 0.5) is 0 Å². The van der Waals surface area contributed by atoms with Gasteiger partial charge in [-0.25, -0.2) is 0 Å². The quantitative estimate of drug-likeness (QED) is 0.221. The van der Waals surface area contributed by atoms with Gasteiger partial charge < -0.3 is 37.9 Å². The van der Waals surface area contributed by atoms with Crippen molar-refractivity contribution in [3.8, 4) is 46.0 Å². The number of esters is 1. The first-order chi connectivity index (χ1) is 19.4. The molecule has 3 aromatic rings. The average Bonchev–Trinajstić information content (AvgIpc) is 3.29. The molecule has 1 atom stereocenters. The van der Waals surface area contributed by atoms with Crippen LogP contribution in [0.5, 0.6) is 46.0 Å². The Bertz CT molecular complexity index is 1510. The van der Waals surface area contributed by atoms with Gasteiger partial charge in [-0.1, -0.05) is 0 Å². The van der Waals surface area contributed by atoms with E-state index >= 15 is 0 Å². The van der Waals surface area contributed by atoms with Gasteiger partial charge in [-0.3, -0.25) is 9.59 Å². The minimum absolute atomic E-state index is 0.00122. The van der Waals surface area contributed by atoms with Crippen LogP contribution in [-0.2, 0) is 4.79 Å². The monoisotopic (exact) mass is 548 g/mol. The summed E-state index contributed by atoms with van der Waals surface area (Å²) in [5.74, 6) is 2.14. The van der Waals surface area contributed by atoms with Gasteiger partial charge in [-0.2, -0.15) is 0 Å². The second-order valence-corrected chi connectivity index (χ2v) is 8.93. The summed E-state index contributed by atoms with van der Waals surface area (Å²) in [7, 11) is 9.11. The van der Waals surface area contributed by atoms with Gasteiger partial charge in [0.1, 0.15) is 17.2 Å². The Morgan fingerprint density at radius 1 is 0.725 bits per heavy atom. The molecular weight excluding hydrogens is 520 g/mol. The summed E-state index contributed by atoms with van der Waals surface area (Å²) in [5.41, 5.74) is 2.16. The standard InChI is InChI=1S/C30H28O10/c1-33-20-14-22(35-3)21(34-2)12-17(20)18-13-26(31)39-19-8-7-16-28(32)23(40-29(16)27(18)19)9-15-10-24(36-4)30(38-6)25(11-15)37-5/h7-12,14,18H,13H2,1-6H3. The summed E-state index contributed by atoms with van der Waals surface area (Å²) in [6.45, 7) is 0. The zero-order chi connectivity index (χ0) is 28.6. The van der Waals surface area contributed by atoms with Crippen molar-refractivity contribution in [3.63, 3.8) is 0 Å². The number of ketones is 1. The Labute approximate surface area is 230 Å². The molecule has 2 aliphatic rings. The van der Waals surface area contributed by atoms with Crippen molar-refractivity contribution in [1.29, 1.82) is 0 Å². The van der Waals surface area contributed by atoms with Gasteiger partial charge in [0.05, 0.1) is 54.6 Å². The maximum absolute atomic E-state index is 13.5. The SMILES string of the molecule is COc1cc(OC)c(C2CC(=O)Oc3ccc4c(c32)OC(=Cc2cc(OC)c(OC)c(OC)c2)C4=O)cc1OC. The summed E-state index contributed by atoms with van der Waals surface area (Å²) in [5, 5.41) is 0. The summed E-state index contributed by atoms with van der Waals surface area (Å²) < 4.78 is 44.6. The van der Waals surface area contributed by atoms with E-state index in [4.69, 9.17) is 37.9 Å². The molecule has 2 aliphatic heterocycles. The molecule has 0 fully saturated rings. The molecule has 0 N–H and O–H groups in total. The van der Waals surface area contributed by atoms with E-state index in [1.165, 1.54) is 42.7 Å². The Balaban J connectivity index is 1.63. The summed E-state index contributed by atoms with van der Waals surface area (Å²) in [6, 6.07) is 10.1. The lowest BCUT2D eigenvalue weighted by Gasteiger charge is -2.28. The van der Waals surface area contributed by atoms with Crippen LogP contribution < -0.4 is 37.9 Å². The number of carbonyl (C=O) groups is 2. The molecule has 0 aliphatic carbocycles. The van der Waals surface area contributed by atoms with Gasteiger partial charge in [-0.05, 0) is 42.0 Å². The van der Waals surface area contributed by atoms with Gasteiger partial charge in [-0.15, -0.1) is 0 Å². The van der Waals surface area contributed by atoms with Crippen LogP contribution >= 0.6 is 0 Å². The van der Waals surface area contributed by atoms with E-state index in [1.54, 1.807) is 42.5 Å². The number of Topliss-reactive ketones (excluding diaryl/α,β-unsaturated/α-hetero) is 1. The fraction of sp³-hybridized carbons (Fsp3) is 0.267. The Kier molecular flexibility index (Phi) is 7.17. The fourth-order valence-corrected chi connectivity index (χ4v) is 5.03. The van der Waals surface area contributed by atoms with Crippen LogP contribution in [0, 0.1) is 0 Å². The number of carbonyl (C=O) groups excluding carboxylic acids is 2. The Morgan fingerprint density at radius 2 is 1.35 bits per heavy atom. The minimum atomic E-state index is -0.547. The summed E-state index contributed by atoms with van der Waals surface area (Å²) in [4.78, 5) is 26.1. The number of hydrogen-bond acceptors (Lipinski definition) is 10. The molecule has 0 saturated carbocycles. The zero-order valence-corrected chi connectivity index (χ0v) is 22.9. The molecule has 0 radical (unpaired) electrons. The van der Waals surface area contributed by atoms with E-state index in [0.29, 0.717) is 68.2 Å². The second-order valence-electron chi connectivity index (χ2n) is 8.93. The molecule has 0 saturated heterocycles. The maximum atomic E-state index is 13.5. The summed E-state index contributed by atoms with van der Waals surface area (Å²) >= 11 is 0. The molecule has 0 aromatic heterocycles. The van der Waals surface area contributed by atoms with Crippen LogP contribution in [0.1, 0.15) is 39.4 Å². The third-order valence-electron chi connectivity index (χ3n) is 6.88. The van der Waals surface area contributed by atoms with E-state index in [1.807, 2.05) is 0 Å². The van der Waals surface area contributed by atoms with Crippen molar-refractivity contribution in [1.82, 2.24) is 0 Å². The zero-order valence-electron chi connectivity index (χ0n) is 22.9. The predicted octanol–water partition coefficient (Wildman–Crippen LogP) is 4.80. The smallest absolute Gasteiger partial charge is 0.312 e. The lowest BCUT2D eigenvalue weighted by molar-refractivity contribution is -0.135. The van der Waals surface area contributed by atoms with E-state index in [2.05, 4.69) is 0 Å². The van der Waals surface area contributed by atoms with Crippen LogP contribution in [0.15, 0.2) is 42.2 Å². The molecule has 5 rings (SSSR count). The fourth-order valence-electron chi connectivity index (χ4n) is 5.03. The average molecular weight is 549 g/mol. The number of ether oxygens (including phenoxy) is 8. The molecule has 2 heterocycles. The van der Waals surface area contributed by atoms with Gasteiger partial charge in [0.2, 0.25) is 11.5 Å². The largest absolute Gasteiger partial charge is 0.496 e. The molecule has 40 heavy (non-hydrogen) atoms. The second kappa shape index (κ2) is 10.7. The molecule has 208 valence electrons. The van der Waals surface area contributed by atoms with E-state index in [0.717, 1.165) is 0 Å². The van der Waals surface area contributed by atoms with E-state index < -0.39 is 11.9 Å². The number of benzene rings is 3. The van der Waals surface area contributed by atoms with Crippen LogP contribution in [0.2, 0.25) is 0 Å². The van der Waals surface area contributed by atoms with E-state index in [-0.39, 0.29) is 18.0 Å². The molecule has 10 heteroatoms. The number of methoxy groups -OCH3 is 6. The van der Waals surface area contributed by atoms with Crippen molar-refractivity contribution >= 4 is 17.8 Å². The first-order valence-corrected chi connectivity index (χ1v) is 12.3. The van der Waals surface area contributed by atoms with Gasteiger partial charge in [0.25, 0.3) is 0 Å². The highest BCUT2D eigenvalue weighted by atomic mass is 16.5. The molecule has 10 nitrogen and oxygen atoms in total. The lowest BCUT2D eigenvalue weighted by atomic mass is 9.84. The topological polar surface area (TPSA) is 108 Å². The minimum Gasteiger partial charge on any atom is -0.496 e. The van der Waals surface area contributed by atoms with Gasteiger partial charge in [0.15, 0.2) is 28.8 Å². The van der Waals surface area contributed by atoms with Gasteiger partial charge >= 0.3 is 5.97 Å². The van der Waals surface area contributed by atoms with Crippen LogP contribution in [0.25, 0.3) is 6.08 Å². The highest BCUT2D eigenvalue weighted by Crippen LogP contribution is 2.52. The van der Waals surface area contributed by atoms with E-state index in [9.17, 15) is 9.59 Å². The summed E-state index contributed by atoms with van der Waals surface area (Å²) in [6.07, 6.45) is 1.60. The molecule has 0 amide bonds. The Morgan fingerprint density at radius 3 is 1.95 bits per heavy atom. The van der Waals surface area contributed by atoms with Crippen LogP contribution in [-0.4, -0.2) is 54.4 Å². The van der Waals surface area contributed by atoms with Crippen LogP contribution in [0.3, 0.4) is 0 Å². The third kappa shape index (κ3) is 4.41. The lowest BCUT2D eigenvalue weighted by Crippen LogP contribution is -2.22. The normalized spacial score (nSPS) is 16.4. The third-order valence-corrected chi connectivity index (χ3v) is 6.88. The maximum Gasteiger partial charge on any atom is 0.312 e. The van der Waals surface area contributed by atoms with Crippen molar-refractivity contribution in [2.75, 3.05) is 42.7 Å². The first-order valence-electron chi connectivity index (χ1n) is 12.3. The Hall–Kier alpha value is -4.86. The molecule has 3 aromatic carbocycles. The van der Waals surface area contributed by atoms with Gasteiger partial charge in [0, 0.05) is 23.1 Å². The molecular formula is C30H28O10. The molecule has 0 bridgehead atoms. The first kappa shape index (κ1) is 26.7. The van der Waals surface area contributed by atoms with Crippen molar-refractivity contribution < 1.29 is 47.5 Å². The van der Waals surface area contributed by atoms with Crippen molar-refractivity contribution in [2.45, 2.75) is 12.3 Å². The van der Waals surface area contributed by atoms with Crippen molar-refractivity contribution in [3.05, 3.63) is 64.4 Å². The number of allylic oxidation sites excluding steroid dienone is 1. The number of rotatable bonds is 8. The molecule has 1 unspecified atom stereocenters. The number of hydrogen-bond donors (Lipinski definition) is 0.